The zero-order valence-electron chi connectivity index (χ0n) is 15.6. The second-order valence-corrected chi connectivity index (χ2v) is 6.35. The summed E-state index contributed by atoms with van der Waals surface area (Å²) in [5, 5.41) is 7.20. The van der Waals surface area contributed by atoms with E-state index in [1.807, 2.05) is 0 Å². The van der Waals surface area contributed by atoms with Crippen LogP contribution >= 0.6 is 12.4 Å². The van der Waals surface area contributed by atoms with E-state index in [-0.39, 0.29) is 18.2 Å². The van der Waals surface area contributed by atoms with E-state index in [2.05, 4.69) is 35.7 Å². The SMILES string of the molecule is Cl.Fc1ccc(Nc2nc(NN=Cc3ccco3)nc(N3CCCCC3)n2)cc1. The van der Waals surface area contributed by atoms with Crippen LogP contribution < -0.4 is 15.6 Å². The second kappa shape index (κ2) is 9.83. The molecule has 2 aromatic heterocycles. The van der Waals surface area contributed by atoms with Gasteiger partial charge in [-0.05, 0) is 55.7 Å². The summed E-state index contributed by atoms with van der Waals surface area (Å²) >= 11 is 0. The molecule has 10 heteroatoms. The third-order valence-corrected chi connectivity index (χ3v) is 4.26. The molecule has 0 saturated carbocycles. The van der Waals surface area contributed by atoms with Crippen molar-refractivity contribution in [3.63, 3.8) is 0 Å². The van der Waals surface area contributed by atoms with Crippen molar-refractivity contribution >= 4 is 42.2 Å². The second-order valence-electron chi connectivity index (χ2n) is 6.35. The summed E-state index contributed by atoms with van der Waals surface area (Å²) in [6.45, 7) is 1.80. The van der Waals surface area contributed by atoms with Crippen LogP contribution in [-0.4, -0.2) is 34.3 Å². The molecule has 1 saturated heterocycles. The van der Waals surface area contributed by atoms with Crippen molar-refractivity contribution in [2.24, 2.45) is 5.10 Å². The molecular formula is C19H21ClFN7O. The number of furan rings is 1. The van der Waals surface area contributed by atoms with E-state index < -0.39 is 0 Å². The van der Waals surface area contributed by atoms with Gasteiger partial charge in [0, 0.05) is 18.8 Å². The third-order valence-electron chi connectivity index (χ3n) is 4.26. The Hall–Kier alpha value is -3.20. The highest BCUT2D eigenvalue weighted by Gasteiger charge is 2.16. The quantitative estimate of drug-likeness (QED) is 0.458. The zero-order chi connectivity index (χ0) is 19.2. The number of hydrogen-bond acceptors (Lipinski definition) is 8. The fourth-order valence-corrected chi connectivity index (χ4v) is 2.89. The van der Waals surface area contributed by atoms with Crippen LogP contribution in [0.2, 0.25) is 0 Å². The number of anilines is 4. The lowest BCUT2D eigenvalue weighted by molar-refractivity contribution is 0.560. The molecule has 1 aromatic carbocycles. The Bertz CT molecular complexity index is 928. The van der Waals surface area contributed by atoms with Gasteiger partial charge in [-0.15, -0.1) is 12.4 Å². The molecule has 0 bridgehead atoms. The molecule has 0 amide bonds. The molecule has 0 spiro atoms. The van der Waals surface area contributed by atoms with Gasteiger partial charge in [0.15, 0.2) is 0 Å². The Morgan fingerprint density at radius 2 is 1.76 bits per heavy atom. The first kappa shape index (κ1) is 20.5. The summed E-state index contributed by atoms with van der Waals surface area (Å²) in [5.41, 5.74) is 3.50. The van der Waals surface area contributed by atoms with Crippen LogP contribution in [-0.2, 0) is 0 Å². The Balaban J connectivity index is 0.00000240. The van der Waals surface area contributed by atoms with Crippen molar-refractivity contribution in [1.82, 2.24) is 15.0 Å². The van der Waals surface area contributed by atoms with Gasteiger partial charge < -0.3 is 14.6 Å². The van der Waals surface area contributed by atoms with Crippen LogP contribution in [0.4, 0.5) is 27.9 Å². The lowest BCUT2D eigenvalue weighted by atomic mass is 10.1. The third kappa shape index (κ3) is 5.64. The molecule has 3 heterocycles. The molecule has 0 unspecified atom stereocenters. The summed E-state index contributed by atoms with van der Waals surface area (Å²) in [7, 11) is 0. The lowest BCUT2D eigenvalue weighted by Gasteiger charge is -2.26. The molecule has 0 radical (unpaired) electrons. The van der Waals surface area contributed by atoms with Crippen LogP contribution in [0.5, 0.6) is 0 Å². The summed E-state index contributed by atoms with van der Waals surface area (Å²) in [6, 6.07) is 9.58. The lowest BCUT2D eigenvalue weighted by Crippen LogP contribution is -2.31. The molecule has 0 aliphatic carbocycles. The van der Waals surface area contributed by atoms with Crippen molar-refractivity contribution in [3.05, 3.63) is 54.2 Å². The van der Waals surface area contributed by atoms with Crippen molar-refractivity contribution in [1.29, 1.82) is 0 Å². The summed E-state index contributed by atoms with van der Waals surface area (Å²) < 4.78 is 18.4. The predicted octanol–water partition coefficient (Wildman–Crippen LogP) is 4.21. The molecule has 2 N–H and O–H groups in total. The van der Waals surface area contributed by atoms with Gasteiger partial charge in [-0.25, -0.2) is 9.82 Å². The van der Waals surface area contributed by atoms with E-state index >= 15 is 0 Å². The predicted molar refractivity (Wildman–Crippen MR) is 113 cm³/mol. The first-order valence-electron chi connectivity index (χ1n) is 9.12. The average Bonchev–Trinajstić information content (AvgIpc) is 3.24. The molecular weight excluding hydrogens is 397 g/mol. The molecule has 3 aromatic rings. The van der Waals surface area contributed by atoms with E-state index in [1.165, 1.54) is 24.8 Å². The Morgan fingerprint density at radius 1 is 1.00 bits per heavy atom. The fourth-order valence-electron chi connectivity index (χ4n) is 2.89. The number of nitrogens with zero attached hydrogens (tertiary/aromatic N) is 5. The molecule has 1 fully saturated rings. The number of piperidine rings is 1. The number of hydrogen-bond donors (Lipinski definition) is 2. The molecule has 1 aliphatic rings. The van der Waals surface area contributed by atoms with Crippen LogP contribution in [0.1, 0.15) is 25.0 Å². The van der Waals surface area contributed by atoms with Gasteiger partial charge in [-0.1, -0.05) is 0 Å². The van der Waals surface area contributed by atoms with Gasteiger partial charge in [-0.2, -0.15) is 20.1 Å². The number of halogens is 2. The van der Waals surface area contributed by atoms with Gasteiger partial charge in [-0.3, -0.25) is 0 Å². The van der Waals surface area contributed by atoms with Gasteiger partial charge in [0.2, 0.25) is 17.8 Å². The summed E-state index contributed by atoms with van der Waals surface area (Å²) in [4.78, 5) is 15.5. The van der Waals surface area contributed by atoms with Gasteiger partial charge >= 0.3 is 0 Å². The van der Waals surface area contributed by atoms with E-state index in [1.54, 1.807) is 30.5 Å². The molecule has 4 rings (SSSR count). The highest BCUT2D eigenvalue weighted by atomic mass is 35.5. The van der Waals surface area contributed by atoms with Crippen LogP contribution in [0.15, 0.2) is 52.2 Å². The minimum Gasteiger partial charge on any atom is -0.463 e. The fraction of sp³-hybridized carbons (Fsp3) is 0.263. The van der Waals surface area contributed by atoms with E-state index in [0.29, 0.717) is 29.3 Å². The topological polar surface area (TPSA) is 91.5 Å². The number of benzene rings is 1. The standard InChI is InChI=1S/C19H20FN7O.ClH/c20-14-6-8-15(9-7-14)22-17-23-18(26-21-13-16-5-4-12-28-16)25-19(24-17)27-10-2-1-3-11-27;/h4-9,12-13H,1-3,10-11H2,(H2,22,23,24,25,26);1H. The van der Waals surface area contributed by atoms with E-state index in [4.69, 9.17) is 4.42 Å². The zero-order valence-corrected chi connectivity index (χ0v) is 16.4. The highest BCUT2D eigenvalue weighted by molar-refractivity contribution is 5.85. The largest absolute Gasteiger partial charge is 0.463 e. The molecule has 29 heavy (non-hydrogen) atoms. The molecule has 1 aliphatic heterocycles. The summed E-state index contributed by atoms with van der Waals surface area (Å²) in [6.07, 6.45) is 6.53. The van der Waals surface area contributed by atoms with Crippen molar-refractivity contribution in [2.45, 2.75) is 19.3 Å². The normalized spacial score (nSPS) is 13.9. The maximum absolute atomic E-state index is 13.1. The van der Waals surface area contributed by atoms with E-state index in [9.17, 15) is 4.39 Å². The maximum Gasteiger partial charge on any atom is 0.250 e. The van der Waals surface area contributed by atoms with Crippen LogP contribution in [0, 0.1) is 5.82 Å². The van der Waals surface area contributed by atoms with Crippen molar-refractivity contribution in [3.8, 4) is 0 Å². The average molecular weight is 418 g/mol. The van der Waals surface area contributed by atoms with Crippen molar-refractivity contribution < 1.29 is 8.81 Å². The Labute approximate surface area is 173 Å². The first-order valence-corrected chi connectivity index (χ1v) is 9.12. The number of hydrazone groups is 1. The number of rotatable bonds is 6. The van der Waals surface area contributed by atoms with Gasteiger partial charge in [0.1, 0.15) is 11.6 Å². The smallest absolute Gasteiger partial charge is 0.250 e. The summed E-state index contributed by atoms with van der Waals surface area (Å²) in [5.74, 6) is 1.56. The van der Waals surface area contributed by atoms with Crippen LogP contribution in [0.25, 0.3) is 0 Å². The minimum absolute atomic E-state index is 0. The van der Waals surface area contributed by atoms with Gasteiger partial charge in [0.05, 0.1) is 12.5 Å². The first-order chi connectivity index (χ1) is 13.8. The van der Waals surface area contributed by atoms with E-state index in [0.717, 1.165) is 25.9 Å². The monoisotopic (exact) mass is 417 g/mol. The number of aromatic nitrogens is 3. The molecule has 152 valence electrons. The molecule has 8 nitrogen and oxygen atoms in total. The maximum atomic E-state index is 13.1. The van der Waals surface area contributed by atoms with Gasteiger partial charge in [0.25, 0.3) is 0 Å². The number of nitrogens with one attached hydrogen (secondary N) is 2. The Morgan fingerprint density at radius 3 is 2.48 bits per heavy atom. The Kier molecular flexibility index (Phi) is 6.96. The van der Waals surface area contributed by atoms with Crippen molar-refractivity contribution in [2.75, 3.05) is 28.7 Å². The highest BCUT2D eigenvalue weighted by Crippen LogP contribution is 2.21. The molecule has 0 atom stereocenters. The minimum atomic E-state index is -0.301. The van der Waals surface area contributed by atoms with Crippen LogP contribution in [0.3, 0.4) is 0 Å².